The minimum atomic E-state index is -4.69. The Hall–Kier alpha value is -3.17. The number of amides is 1. The van der Waals surface area contributed by atoms with E-state index >= 15 is 0 Å². The quantitative estimate of drug-likeness (QED) is 0.740. The smallest absolute Gasteiger partial charge is 0.348 e. The van der Waals surface area contributed by atoms with Crippen LogP contribution in [0.3, 0.4) is 0 Å². The summed E-state index contributed by atoms with van der Waals surface area (Å²) in [5.74, 6) is -0.374. The molecule has 0 atom stereocenters. The minimum Gasteiger partial charge on any atom is -0.348 e. The van der Waals surface area contributed by atoms with Gasteiger partial charge in [0.15, 0.2) is 11.5 Å². The molecule has 0 unspecified atom stereocenters. The van der Waals surface area contributed by atoms with E-state index in [2.05, 4.69) is 20.5 Å². The molecule has 142 valence electrons. The summed E-state index contributed by atoms with van der Waals surface area (Å²) in [6, 6.07) is 4.57. The molecule has 0 aromatic carbocycles. The molecule has 0 spiro atoms. The Bertz CT molecular complexity index is 931. The first-order valence-electron chi connectivity index (χ1n) is 8.16. The molecule has 0 bridgehead atoms. The molecular weight excluding hydrogens is 361 g/mol. The highest BCUT2D eigenvalue weighted by Gasteiger charge is 2.40. The van der Waals surface area contributed by atoms with Crippen LogP contribution in [0.4, 0.5) is 13.2 Å². The third kappa shape index (κ3) is 3.83. The second kappa shape index (κ2) is 7.22. The molecule has 0 aliphatic rings. The number of hydrogen-bond acceptors (Lipinski definition) is 4. The lowest BCUT2D eigenvalue weighted by atomic mass is 10.2. The summed E-state index contributed by atoms with van der Waals surface area (Å²) in [4.78, 5) is 16.6. The molecule has 0 saturated heterocycles. The van der Waals surface area contributed by atoms with E-state index in [9.17, 15) is 18.0 Å². The zero-order valence-electron chi connectivity index (χ0n) is 14.6. The Morgan fingerprint density at radius 2 is 2.00 bits per heavy atom. The highest BCUT2D eigenvalue weighted by molar-refractivity contribution is 5.95. The zero-order chi connectivity index (χ0) is 19.6. The van der Waals surface area contributed by atoms with Gasteiger partial charge in [-0.15, -0.1) is 0 Å². The highest BCUT2D eigenvalue weighted by Crippen LogP contribution is 2.33. The van der Waals surface area contributed by atoms with Crippen molar-refractivity contribution in [1.29, 1.82) is 0 Å². The monoisotopic (exact) mass is 378 g/mol. The first-order chi connectivity index (χ1) is 12.8. The van der Waals surface area contributed by atoms with Crippen LogP contribution < -0.4 is 5.32 Å². The van der Waals surface area contributed by atoms with Gasteiger partial charge in [0, 0.05) is 36.7 Å². The van der Waals surface area contributed by atoms with E-state index in [4.69, 9.17) is 0 Å². The molecule has 0 aliphatic carbocycles. The van der Waals surface area contributed by atoms with Crippen molar-refractivity contribution < 1.29 is 18.0 Å². The highest BCUT2D eigenvalue weighted by atomic mass is 19.4. The fraction of sp³-hybridized carbons (Fsp3) is 0.294. The molecule has 3 heterocycles. The Balaban J connectivity index is 1.84. The Morgan fingerprint density at radius 1 is 1.22 bits per heavy atom. The second-order valence-electron chi connectivity index (χ2n) is 6.06. The van der Waals surface area contributed by atoms with E-state index in [0.29, 0.717) is 11.4 Å². The van der Waals surface area contributed by atoms with Crippen molar-refractivity contribution in [1.82, 2.24) is 29.9 Å². The van der Waals surface area contributed by atoms with E-state index in [0.717, 1.165) is 10.9 Å². The summed E-state index contributed by atoms with van der Waals surface area (Å²) in [6.07, 6.45) is 1.07. The minimum absolute atomic E-state index is 0.00791. The molecule has 3 aromatic rings. The maximum atomic E-state index is 13.4. The average molecular weight is 378 g/mol. The van der Waals surface area contributed by atoms with Gasteiger partial charge in [0.05, 0.1) is 11.8 Å². The van der Waals surface area contributed by atoms with Gasteiger partial charge in [0.1, 0.15) is 0 Å². The van der Waals surface area contributed by atoms with Crippen molar-refractivity contribution in [2.24, 2.45) is 0 Å². The van der Waals surface area contributed by atoms with E-state index in [1.165, 1.54) is 4.68 Å². The molecule has 27 heavy (non-hydrogen) atoms. The third-order valence-corrected chi connectivity index (χ3v) is 3.83. The molecule has 10 heteroatoms. The van der Waals surface area contributed by atoms with Gasteiger partial charge < -0.3 is 5.32 Å². The number of hydrogen-bond donors (Lipinski definition) is 1. The van der Waals surface area contributed by atoms with Crippen LogP contribution in [-0.2, 0) is 12.7 Å². The molecule has 0 radical (unpaired) electrons. The van der Waals surface area contributed by atoms with Crippen LogP contribution in [0, 0.1) is 0 Å². The topological polar surface area (TPSA) is 77.6 Å². The molecule has 1 amide bonds. The van der Waals surface area contributed by atoms with Gasteiger partial charge in [-0.2, -0.15) is 23.4 Å². The summed E-state index contributed by atoms with van der Waals surface area (Å²) in [5.41, 5.74) is -0.964. The number of halogens is 3. The predicted octanol–water partition coefficient (Wildman–Crippen LogP) is 2.99. The summed E-state index contributed by atoms with van der Waals surface area (Å²) >= 11 is 0. The van der Waals surface area contributed by atoms with Crippen molar-refractivity contribution in [3.63, 3.8) is 0 Å². The van der Waals surface area contributed by atoms with Crippen LogP contribution in [0.1, 0.15) is 41.5 Å². The summed E-state index contributed by atoms with van der Waals surface area (Å²) in [5, 5.41) is 10.3. The molecule has 3 rings (SSSR count). The van der Waals surface area contributed by atoms with Crippen molar-refractivity contribution in [2.45, 2.75) is 32.6 Å². The summed E-state index contributed by atoms with van der Waals surface area (Å²) in [7, 11) is 0. The number of aromatic nitrogens is 5. The van der Waals surface area contributed by atoms with Crippen LogP contribution in [0.2, 0.25) is 0 Å². The molecule has 7 nitrogen and oxygen atoms in total. The maximum Gasteiger partial charge on any atom is 0.433 e. The lowest BCUT2D eigenvalue weighted by Crippen LogP contribution is -2.27. The van der Waals surface area contributed by atoms with Crippen molar-refractivity contribution in [2.75, 3.05) is 0 Å². The van der Waals surface area contributed by atoms with Crippen molar-refractivity contribution >= 4 is 5.91 Å². The number of alkyl halides is 3. The van der Waals surface area contributed by atoms with Gasteiger partial charge in [-0.25, -0.2) is 9.67 Å². The van der Waals surface area contributed by atoms with E-state index in [1.807, 2.05) is 0 Å². The number of nitrogens with zero attached hydrogens (tertiary/aromatic N) is 5. The first kappa shape index (κ1) is 18.6. The van der Waals surface area contributed by atoms with E-state index in [1.54, 1.807) is 50.6 Å². The lowest BCUT2D eigenvalue weighted by molar-refractivity contribution is -0.145. The SMILES string of the molecule is CC(C)n1ncc(C(=O)NCc2cccnc2-n2cccn2)c1C(F)(F)F. The molecule has 0 saturated carbocycles. The number of pyridine rings is 1. The molecule has 1 N–H and O–H groups in total. The van der Waals surface area contributed by atoms with Crippen molar-refractivity contribution in [3.8, 4) is 5.82 Å². The van der Waals surface area contributed by atoms with Crippen molar-refractivity contribution in [3.05, 3.63) is 59.8 Å². The predicted molar refractivity (Wildman–Crippen MR) is 90.1 cm³/mol. The van der Waals surface area contributed by atoms with Gasteiger partial charge >= 0.3 is 6.18 Å². The van der Waals surface area contributed by atoms with Crippen LogP contribution in [-0.4, -0.2) is 30.5 Å². The largest absolute Gasteiger partial charge is 0.433 e. The fourth-order valence-electron chi connectivity index (χ4n) is 2.64. The van der Waals surface area contributed by atoms with Gasteiger partial charge in [-0.05, 0) is 26.0 Å². The van der Waals surface area contributed by atoms with Crippen LogP contribution in [0.25, 0.3) is 5.82 Å². The molecule has 3 aromatic heterocycles. The van der Waals surface area contributed by atoms with Crippen LogP contribution in [0.5, 0.6) is 0 Å². The number of rotatable bonds is 5. The zero-order valence-corrected chi connectivity index (χ0v) is 14.6. The van der Waals surface area contributed by atoms with Crippen LogP contribution >= 0.6 is 0 Å². The van der Waals surface area contributed by atoms with Gasteiger partial charge in [0.25, 0.3) is 5.91 Å². The molecule has 0 aliphatic heterocycles. The maximum absolute atomic E-state index is 13.4. The van der Waals surface area contributed by atoms with Gasteiger partial charge in [-0.3, -0.25) is 9.48 Å². The van der Waals surface area contributed by atoms with E-state index < -0.39 is 29.4 Å². The third-order valence-electron chi connectivity index (χ3n) is 3.83. The summed E-state index contributed by atoms with van der Waals surface area (Å²) < 4.78 is 42.6. The molecule has 0 fully saturated rings. The standard InChI is InChI=1S/C17H17F3N6O/c1-11(2)26-14(17(18,19)20)13(10-24-26)16(27)22-9-12-5-3-6-21-15(12)25-8-4-7-23-25/h3-8,10-11H,9H2,1-2H3,(H,22,27). The fourth-order valence-corrected chi connectivity index (χ4v) is 2.64. The second-order valence-corrected chi connectivity index (χ2v) is 6.06. The number of carbonyl (C=O) groups is 1. The lowest BCUT2D eigenvalue weighted by Gasteiger charge is -2.15. The Kier molecular flexibility index (Phi) is 4.98. The number of carbonyl (C=O) groups excluding carboxylic acids is 1. The normalized spacial score (nSPS) is 11.8. The number of nitrogens with one attached hydrogen (secondary N) is 1. The Labute approximate surface area is 152 Å². The van der Waals surface area contributed by atoms with E-state index in [-0.39, 0.29) is 6.54 Å². The molecular formula is C17H17F3N6O. The van der Waals surface area contributed by atoms with Gasteiger partial charge in [-0.1, -0.05) is 6.07 Å². The summed E-state index contributed by atoms with van der Waals surface area (Å²) in [6.45, 7) is 3.12. The van der Waals surface area contributed by atoms with Crippen LogP contribution in [0.15, 0.2) is 43.0 Å². The Morgan fingerprint density at radius 3 is 2.63 bits per heavy atom. The van der Waals surface area contributed by atoms with Gasteiger partial charge in [0.2, 0.25) is 0 Å². The first-order valence-corrected chi connectivity index (χ1v) is 8.16. The average Bonchev–Trinajstić information content (AvgIpc) is 3.28.